The van der Waals surface area contributed by atoms with Gasteiger partial charge in [0.25, 0.3) is 0 Å². The number of aliphatic hydroxyl groups excluding tert-OH is 1. The molecule has 31 heavy (non-hydrogen) atoms. The lowest BCUT2D eigenvalue weighted by molar-refractivity contribution is -0.0571. The molecule has 0 spiro atoms. The summed E-state index contributed by atoms with van der Waals surface area (Å²) in [6.07, 6.45) is 1.44. The standard InChI is InChI=1S/C22H28N2O7/c1-26-18-13-30-21-19(14-31-20(18)21)29-11-9-27-8-10-28-17-4-2-15(3-5-17)22-23-7-6-16(12-25)24-22/h2-7,18-21,25H,8-14H2,1H3/t18-,19-,20-,21-/m1/s1. The van der Waals surface area contributed by atoms with E-state index < -0.39 is 0 Å². The van der Waals surface area contributed by atoms with E-state index in [2.05, 4.69) is 9.97 Å². The van der Waals surface area contributed by atoms with Crippen LogP contribution in [0.15, 0.2) is 36.5 Å². The zero-order valence-corrected chi connectivity index (χ0v) is 17.5. The smallest absolute Gasteiger partial charge is 0.159 e. The van der Waals surface area contributed by atoms with Crippen LogP contribution in [0.3, 0.4) is 0 Å². The van der Waals surface area contributed by atoms with E-state index in [1.54, 1.807) is 19.4 Å². The highest BCUT2D eigenvalue weighted by Crippen LogP contribution is 2.30. The van der Waals surface area contributed by atoms with Crippen molar-refractivity contribution in [3.05, 3.63) is 42.2 Å². The third-order valence-electron chi connectivity index (χ3n) is 5.31. The van der Waals surface area contributed by atoms with Gasteiger partial charge in [0.05, 0.1) is 45.3 Å². The second-order valence-corrected chi connectivity index (χ2v) is 7.29. The quantitative estimate of drug-likeness (QED) is 0.525. The average Bonchev–Trinajstić information content (AvgIpc) is 3.41. The Labute approximate surface area is 181 Å². The van der Waals surface area contributed by atoms with Gasteiger partial charge in [-0.1, -0.05) is 0 Å². The highest BCUT2D eigenvalue weighted by molar-refractivity contribution is 5.56. The Balaban J connectivity index is 1.10. The molecule has 4 rings (SSSR count). The molecule has 1 aromatic carbocycles. The first-order valence-electron chi connectivity index (χ1n) is 10.4. The Morgan fingerprint density at radius 2 is 1.71 bits per heavy atom. The maximum Gasteiger partial charge on any atom is 0.159 e. The van der Waals surface area contributed by atoms with E-state index in [0.29, 0.717) is 51.2 Å². The summed E-state index contributed by atoms with van der Waals surface area (Å²) in [4.78, 5) is 8.52. The van der Waals surface area contributed by atoms with E-state index >= 15 is 0 Å². The van der Waals surface area contributed by atoms with Crippen molar-refractivity contribution in [2.45, 2.75) is 31.0 Å². The fraction of sp³-hybridized carbons (Fsp3) is 0.545. The summed E-state index contributed by atoms with van der Waals surface area (Å²) >= 11 is 0. The normalized spacial score (nSPS) is 25.0. The van der Waals surface area contributed by atoms with Crippen LogP contribution in [0, 0.1) is 0 Å². The van der Waals surface area contributed by atoms with Crippen LogP contribution in [0.4, 0.5) is 0 Å². The van der Waals surface area contributed by atoms with E-state index in [1.807, 2.05) is 24.3 Å². The zero-order chi connectivity index (χ0) is 21.5. The lowest BCUT2D eigenvalue weighted by Crippen LogP contribution is -2.34. The molecule has 0 amide bonds. The van der Waals surface area contributed by atoms with E-state index in [1.165, 1.54) is 0 Å². The second-order valence-electron chi connectivity index (χ2n) is 7.29. The molecular weight excluding hydrogens is 404 g/mol. The molecule has 2 aliphatic rings. The molecule has 0 unspecified atom stereocenters. The third-order valence-corrected chi connectivity index (χ3v) is 5.31. The van der Waals surface area contributed by atoms with Gasteiger partial charge in [-0.2, -0.15) is 0 Å². The Bertz CT molecular complexity index is 820. The number of benzene rings is 1. The van der Waals surface area contributed by atoms with Crippen molar-refractivity contribution in [3.8, 4) is 17.1 Å². The molecule has 1 N–H and O–H groups in total. The zero-order valence-electron chi connectivity index (χ0n) is 17.5. The summed E-state index contributed by atoms with van der Waals surface area (Å²) in [5, 5.41) is 9.19. The van der Waals surface area contributed by atoms with Crippen LogP contribution in [-0.4, -0.2) is 86.2 Å². The van der Waals surface area contributed by atoms with Crippen LogP contribution >= 0.6 is 0 Å². The van der Waals surface area contributed by atoms with Crippen LogP contribution in [0.1, 0.15) is 5.69 Å². The number of hydrogen-bond donors (Lipinski definition) is 1. The van der Waals surface area contributed by atoms with Crippen molar-refractivity contribution in [2.24, 2.45) is 0 Å². The molecule has 2 aliphatic heterocycles. The Hall–Kier alpha value is -2.14. The summed E-state index contributed by atoms with van der Waals surface area (Å²) in [6, 6.07) is 9.18. The highest BCUT2D eigenvalue weighted by Gasteiger charge is 2.48. The molecule has 4 atom stereocenters. The molecule has 2 saturated heterocycles. The van der Waals surface area contributed by atoms with E-state index in [9.17, 15) is 5.11 Å². The lowest BCUT2D eigenvalue weighted by atomic mass is 10.1. The molecular formula is C22H28N2O7. The molecule has 9 nitrogen and oxygen atoms in total. The van der Waals surface area contributed by atoms with Gasteiger partial charge in [0.15, 0.2) is 5.82 Å². The first-order chi connectivity index (χ1) is 15.3. The highest BCUT2D eigenvalue weighted by atomic mass is 16.6. The summed E-state index contributed by atoms with van der Waals surface area (Å²) in [5.41, 5.74) is 1.44. The lowest BCUT2D eigenvalue weighted by Gasteiger charge is -2.16. The van der Waals surface area contributed by atoms with Crippen LogP contribution in [0.25, 0.3) is 11.4 Å². The van der Waals surface area contributed by atoms with Crippen molar-refractivity contribution in [3.63, 3.8) is 0 Å². The number of hydrogen-bond acceptors (Lipinski definition) is 9. The number of nitrogens with zero attached hydrogens (tertiary/aromatic N) is 2. The summed E-state index contributed by atoms with van der Waals surface area (Å²) in [6.45, 7) is 2.79. The Kier molecular flexibility index (Phi) is 7.79. The molecule has 0 saturated carbocycles. The van der Waals surface area contributed by atoms with Crippen LogP contribution in [-0.2, 0) is 30.3 Å². The molecule has 2 fully saturated rings. The maximum absolute atomic E-state index is 9.19. The van der Waals surface area contributed by atoms with Gasteiger partial charge in [0.2, 0.25) is 0 Å². The van der Waals surface area contributed by atoms with E-state index in [4.69, 9.17) is 28.4 Å². The first kappa shape index (κ1) is 22.1. The fourth-order valence-electron chi connectivity index (χ4n) is 3.68. The number of fused-ring (bicyclic) bond motifs is 1. The summed E-state index contributed by atoms with van der Waals surface area (Å²) < 4.78 is 34.0. The predicted molar refractivity (Wildman–Crippen MR) is 110 cm³/mol. The first-order valence-corrected chi connectivity index (χ1v) is 10.4. The number of aliphatic hydroxyl groups is 1. The van der Waals surface area contributed by atoms with Gasteiger partial charge in [-0.05, 0) is 30.3 Å². The molecule has 2 aromatic rings. The van der Waals surface area contributed by atoms with Crippen LogP contribution < -0.4 is 4.74 Å². The van der Waals surface area contributed by atoms with Crippen molar-refractivity contribution in [1.82, 2.24) is 9.97 Å². The van der Waals surface area contributed by atoms with Gasteiger partial charge in [-0.25, -0.2) is 9.97 Å². The molecule has 0 radical (unpaired) electrons. The molecule has 1 aromatic heterocycles. The topological polar surface area (TPSA) is 101 Å². The molecule has 0 bridgehead atoms. The van der Waals surface area contributed by atoms with Crippen molar-refractivity contribution in [2.75, 3.05) is 46.8 Å². The molecule has 168 valence electrons. The van der Waals surface area contributed by atoms with Gasteiger partial charge < -0.3 is 33.5 Å². The number of aromatic nitrogens is 2. The molecule has 0 aliphatic carbocycles. The number of methoxy groups -OCH3 is 1. The minimum atomic E-state index is -0.112. The van der Waals surface area contributed by atoms with E-state index in [-0.39, 0.29) is 31.0 Å². The van der Waals surface area contributed by atoms with Gasteiger partial charge in [-0.15, -0.1) is 0 Å². The molecule has 3 heterocycles. The largest absolute Gasteiger partial charge is 0.491 e. The van der Waals surface area contributed by atoms with Crippen molar-refractivity contribution >= 4 is 0 Å². The number of rotatable bonds is 11. The van der Waals surface area contributed by atoms with Gasteiger partial charge in [-0.3, -0.25) is 0 Å². The van der Waals surface area contributed by atoms with E-state index in [0.717, 1.165) is 11.3 Å². The van der Waals surface area contributed by atoms with Gasteiger partial charge in [0, 0.05) is 18.9 Å². The Morgan fingerprint density at radius 1 is 0.968 bits per heavy atom. The van der Waals surface area contributed by atoms with Crippen LogP contribution in [0.2, 0.25) is 0 Å². The van der Waals surface area contributed by atoms with Crippen molar-refractivity contribution in [1.29, 1.82) is 0 Å². The summed E-state index contributed by atoms with van der Waals surface area (Å²) in [7, 11) is 1.67. The third kappa shape index (κ3) is 5.57. The number of ether oxygens (including phenoxy) is 6. The monoisotopic (exact) mass is 432 g/mol. The van der Waals surface area contributed by atoms with Crippen LogP contribution in [0.5, 0.6) is 5.75 Å². The minimum Gasteiger partial charge on any atom is -0.491 e. The van der Waals surface area contributed by atoms with Gasteiger partial charge in [0.1, 0.15) is 36.8 Å². The summed E-state index contributed by atoms with van der Waals surface area (Å²) in [5.74, 6) is 1.31. The fourth-order valence-corrected chi connectivity index (χ4v) is 3.68. The minimum absolute atomic E-state index is 0.0145. The average molecular weight is 432 g/mol. The molecule has 9 heteroatoms. The Morgan fingerprint density at radius 3 is 2.48 bits per heavy atom. The maximum atomic E-state index is 9.19. The SMILES string of the molecule is CO[C@@H]1CO[C@H]2[C@@H]1OC[C@H]2OCCOCCOc1ccc(-c2nccc(CO)n2)cc1. The second kappa shape index (κ2) is 10.9. The van der Waals surface area contributed by atoms with Crippen molar-refractivity contribution < 1.29 is 33.5 Å². The predicted octanol–water partition coefficient (Wildman–Crippen LogP) is 1.23. The van der Waals surface area contributed by atoms with Gasteiger partial charge >= 0.3 is 0 Å².